The van der Waals surface area contributed by atoms with Gasteiger partial charge >= 0.3 is 0 Å². The van der Waals surface area contributed by atoms with Crippen LogP contribution < -0.4 is 10.2 Å². The lowest BCUT2D eigenvalue weighted by Gasteiger charge is -2.23. The average Bonchev–Trinajstić information content (AvgIpc) is 3.02. The Morgan fingerprint density at radius 2 is 2.00 bits per heavy atom. The second kappa shape index (κ2) is 7.82. The molecule has 1 N–H and O–H groups in total. The molecule has 1 amide bonds. The number of rotatable bonds is 6. The first kappa shape index (κ1) is 19.6. The fourth-order valence-electron chi connectivity index (χ4n) is 3.72. The van der Waals surface area contributed by atoms with Crippen LogP contribution in [0.15, 0.2) is 47.8 Å². The van der Waals surface area contributed by atoms with E-state index in [1.165, 1.54) is 11.3 Å². The molecule has 2 aliphatic heterocycles. The minimum Gasteiger partial charge on any atom is -0.382 e. The quantitative estimate of drug-likeness (QED) is 0.462. The predicted molar refractivity (Wildman–Crippen MR) is 113 cm³/mol. The average molecular weight is 386 g/mol. The highest BCUT2D eigenvalue weighted by atomic mass is 32.1. The SMILES string of the molecule is CCOCCCN1C(=O)/C(=C\C=C2\N(C)c3ccccc3C2(C)C)NC1=S. The van der Waals surface area contributed by atoms with Gasteiger partial charge < -0.3 is 15.0 Å². The molecule has 0 unspecified atom stereocenters. The Bertz CT molecular complexity index is 813. The van der Waals surface area contributed by atoms with Gasteiger partial charge in [0.05, 0.1) is 0 Å². The first-order valence-electron chi connectivity index (χ1n) is 9.34. The maximum Gasteiger partial charge on any atom is 0.276 e. The Labute approximate surface area is 166 Å². The number of allylic oxidation sites excluding steroid dienone is 3. The number of thiocarbonyl (C=S) groups is 1. The monoisotopic (exact) mass is 385 g/mol. The first-order chi connectivity index (χ1) is 12.9. The van der Waals surface area contributed by atoms with Gasteiger partial charge in [0.2, 0.25) is 0 Å². The lowest BCUT2D eigenvalue weighted by atomic mass is 9.84. The number of amides is 1. The van der Waals surface area contributed by atoms with Crippen molar-refractivity contribution in [1.82, 2.24) is 10.2 Å². The van der Waals surface area contributed by atoms with E-state index in [1.807, 2.05) is 25.1 Å². The number of hydrogen-bond acceptors (Lipinski definition) is 4. The van der Waals surface area contributed by atoms with Crippen LogP contribution in [-0.4, -0.2) is 42.7 Å². The number of likely N-dealkylation sites (N-methyl/N-ethyl adjacent to an activating group) is 1. The summed E-state index contributed by atoms with van der Waals surface area (Å²) in [5.74, 6) is -0.0793. The Balaban J connectivity index is 1.78. The number of benzene rings is 1. The number of carbonyl (C=O) groups is 1. The van der Waals surface area contributed by atoms with Crippen LogP contribution in [0.1, 0.15) is 32.8 Å². The molecule has 0 radical (unpaired) electrons. The van der Waals surface area contributed by atoms with Crippen LogP contribution in [0.4, 0.5) is 5.69 Å². The minimum atomic E-state index is -0.123. The Kier molecular flexibility index (Phi) is 5.67. The van der Waals surface area contributed by atoms with Gasteiger partial charge in [-0.25, -0.2) is 0 Å². The van der Waals surface area contributed by atoms with Crippen molar-refractivity contribution in [3.8, 4) is 0 Å². The molecular formula is C21H27N3O2S. The van der Waals surface area contributed by atoms with Gasteiger partial charge in [-0.2, -0.15) is 0 Å². The van der Waals surface area contributed by atoms with Crippen molar-refractivity contribution >= 4 is 28.9 Å². The summed E-state index contributed by atoms with van der Waals surface area (Å²) in [6.07, 6.45) is 4.63. The molecule has 27 heavy (non-hydrogen) atoms. The van der Waals surface area contributed by atoms with E-state index in [2.05, 4.69) is 49.3 Å². The molecule has 0 bridgehead atoms. The molecule has 2 aliphatic rings. The molecule has 1 fully saturated rings. The van der Waals surface area contributed by atoms with Gasteiger partial charge in [0.25, 0.3) is 5.91 Å². The fourth-order valence-corrected chi connectivity index (χ4v) is 4.01. The van der Waals surface area contributed by atoms with Gasteiger partial charge in [-0.3, -0.25) is 9.69 Å². The summed E-state index contributed by atoms with van der Waals surface area (Å²) < 4.78 is 5.34. The molecular weight excluding hydrogens is 358 g/mol. The maximum absolute atomic E-state index is 12.7. The zero-order valence-electron chi connectivity index (χ0n) is 16.4. The second-order valence-electron chi connectivity index (χ2n) is 7.27. The first-order valence-corrected chi connectivity index (χ1v) is 9.75. The summed E-state index contributed by atoms with van der Waals surface area (Å²) in [6.45, 7) is 8.24. The van der Waals surface area contributed by atoms with Crippen molar-refractivity contribution < 1.29 is 9.53 Å². The zero-order valence-corrected chi connectivity index (χ0v) is 17.2. The molecule has 5 nitrogen and oxygen atoms in total. The fraction of sp³-hybridized carbons (Fsp3) is 0.429. The molecule has 0 aliphatic carbocycles. The number of hydrogen-bond donors (Lipinski definition) is 1. The maximum atomic E-state index is 12.7. The number of ether oxygens (including phenoxy) is 1. The van der Waals surface area contributed by atoms with Crippen molar-refractivity contribution in [1.29, 1.82) is 0 Å². The predicted octanol–water partition coefficient (Wildman–Crippen LogP) is 3.33. The van der Waals surface area contributed by atoms with Crippen LogP contribution in [0.2, 0.25) is 0 Å². The highest BCUT2D eigenvalue weighted by Crippen LogP contribution is 2.46. The van der Waals surface area contributed by atoms with Gasteiger partial charge in [0, 0.05) is 43.6 Å². The van der Waals surface area contributed by atoms with E-state index >= 15 is 0 Å². The number of nitrogens with one attached hydrogen (secondary N) is 1. The standard InChI is InChI=1S/C21H27N3O2S/c1-5-26-14-8-13-24-19(25)16(22-20(24)27)11-12-18-21(2,3)15-9-6-7-10-17(15)23(18)4/h6-7,9-12H,5,8,13-14H2,1-4H3,(H,22,27)/b16-11+,18-12+. The lowest BCUT2D eigenvalue weighted by Crippen LogP contribution is -2.32. The second-order valence-corrected chi connectivity index (χ2v) is 7.66. The summed E-state index contributed by atoms with van der Waals surface area (Å²) in [4.78, 5) is 16.5. The zero-order chi connectivity index (χ0) is 19.6. The van der Waals surface area contributed by atoms with Gasteiger partial charge in [0.15, 0.2) is 5.11 Å². The van der Waals surface area contributed by atoms with Crippen LogP contribution in [0.3, 0.4) is 0 Å². The highest BCUT2D eigenvalue weighted by molar-refractivity contribution is 7.80. The van der Waals surface area contributed by atoms with Crippen molar-refractivity contribution in [3.63, 3.8) is 0 Å². The van der Waals surface area contributed by atoms with Gasteiger partial charge in [-0.1, -0.05) is 32.0 Å². The van der Waals surface area contributed by atoms with E-state index in [0.29, 0.717) is 30.6 Å². The topological polar surface area (TPSA) is 44.8 Å². The van der Waals surface area contributed by atoms with E-state index in [1.54, 1.807) is 4.90 Å². The van der Waals surface area contributed by atoms with Crippen LogP contribution >= 0.6 is 12.2 Å². The van der Waals surface area contributed by atoms with Crippen molar-refractivity contribution in [2.24, 2.45) is 0 Å². The van der Waals surface area contributed by atoms with Crippen LogP contribution in [0.5, 0.6) is 0 Å². The van der Waals surface area contributed by atoms with E-state index in [0.717, 1.165) is 12.1 Å². The molecule has 1 aromatic carbocycles. The summed E-state index contributed by atoms with van der Waals surface area (Å²) in [6, 6.07) is 8.40. The molecule has 0 saturated carbocycles. The molecule has 6 heteroatoms. The Hall–Kier alpha value is -2.18. The Morgan fingerprint density at radius 3 is 2.70 bits per heavy atom. The summed E-state index contributed by atoms with van der Waals surface area (Å²) >= 11 is 5.33. The minimum absolute atomic E-state index is 0.0793. The number of carbonyl (C=O) groups excluding carboxylic acids is 1. The number of para-hydroxylation sites is 1. The lowest BCUT2D eigenvalue weighted by molar-refractivity contribution is -0.122. The van der Waals surface area contributed by atoms with Crippen molar-refractivity contribution in [2.45, 2.75) is 32.6 Å². The number of nitrogens with zero attached hydrogens (tertiary/aromatic N) is 2. The van der Waals surface area contributed by atoms with Crippen LogP contribution in [-0.2, 0) is 14.9 Å². The summed E-state index contributed by atoms with van der Waals surface area (Å²) in [5.41, 5.74) is 4.03. The van der Waals surface area contributed by atoms with Gasteiger partial charge in [-0.05, 0) is 49.3 Å². The summed E-state index contributed by atoms with van der Waals surface area (Å²) in [5, 5.41) is 3.51. The third-order valence-corrected chi connectivity index (χ3v) is 5.51. The van der Waals surface area contributed by atoms with E-state index in [4.69, 9.17) is 17.0 Å². The smallest absolute Gasteiger partial charge is 0.276 e. The Morgan fingerprint density at radius 1 is 1.26 bits per heavy atom. The number of anilines is 1. The third kappa shape index (κ3) is 3.64. The highest BCUT2D eigenvalue weighted by Gasteiger charge is 2.38. The van der Waals surface area contributed by atoms with Crippen molar-refractivity contribution in [2.75, 3.05) is 31.7 Å². The van der Waals surface area contributed by atoms with Crippen molar-refractivity contribution in [3.05, 3.63) is 53.4 Å². The normalized spacial score (nSPS) is 21.3. The van der Waals surface area contributed by atoms with E-state index < -0.39 is 0 Å². The van der Waals surface area contributed by atoms with Crippen LogP contribution in [0, 0.1) is 0 Å². The molecule has 2 heterocycles. The molecule has 144 valence electrons. The molecule has 0 aromatic heterocycles. The third-order valence-electron chi connectivity index (χ3n) is 5.19. The molecule has 1 aromatic rings. The summed E-state index contributed by atoms with van der Waals surface area (Å²) in [7, 11) is 2.06. The molecule has 0 spiro atoms. The van der Waals surface area contributed by atoms with E-state index in [9.17, 15) is 4.79 Å². The number of fused-ring (bicyclic) bond motifs is 1. The molecule has 1 saturated heterocycles. The molecule has 3 rings (SSSR count). The van der Waals surface area contributed by atoms with Gasteiger partial charge in [-0.15, -0.1) is 0 Å². The largest absolute Gasteiger partial charge is 0.382 e. The van der Waals surface area contributed by atoms with Gasteiger partial charge in [0.1, 0.15) is 5.70 Å². The molecule has 0 atom stereocenters. The van der Waals surface area contributed by atoms with E-state index in [-0.39, 0.29) is 11.3 Å². The van der Waals surface area contributed by atoms with Crippen LogP contribution in [0.25, 0.3) is 0 Å².